The number of pyridine rings is 1. The van der Waals surface area contributed by atoms with Gasteiger partial charge in [-0.3, -0.25) is 4.79 Å². The van der Waals surface area contributed by atoms with Crippen LogP contribution in [0.1, 0.15) is 10.4 Å². The zero-order chi connectivity index (χ0) is 13.1. The molecule has 0 aliphatic heterocycles. The van der Waals surface area contributed by atoms with Gasteiger partial charge >= 0.3 is 0 Å². The molecule has 0 saturated carbocycles. The number of carbonyl (C=O) groups is 1. The first-order valence-electron chi connectivity index (χ1n) is 4.93. The van der Waals surface area contributed by atoms with E-state index in [9.17, 15) is 13.6 Å². The maximum absolute atomic E-state index is 12.9. The second kappa shape index (κ2) is 5.22. The minimum atomic E-state index is -0.749. The molecule has 0 bridgehead atoms. The van der Waals surface area contributed by atoms with E-state index in [0.29, 0.717) is 10.2 Å². The summed E-state index contributed by atoms with van der Waals surface area (Å²) in [6, 6.07) is 5.81. The summed E-state index contributed by atoms with van der Waals surface area (Å²) in [5.74, 6) is -1.97. The summed E-state index contributed by atoms with van der Waals surface area (Å²) < 4.78 is 26.4. The van der Waals surface area contributed by atoms with Crippen LogP contribution >= 0.6 is 15.9 Å². The normalized spacial score (nSPS) is 10.2. The lowest BCUT2D eigenvalue weighted by Gasteiger charge is -2.05. The van der Waals surface area contributed by atoms with Gasteiger partial charge in [0.15, 0.2) is 0 Å². The molecule has 2 aromatic rings. The van der Waals surface area contributed by atoms with Crippen LogP contribution in [0.15, 0.2) is 41.1 Å². The summed E-state index contributed by atoms with van der Waals surface area (Å²) in [5, 5.41) is 2.40. The summed E-state index contributed by atoms with van der Waals surface area (Å²) in [4.78, 5) is 15.7. The van der Waals surface area contributed by atoms with E-state index in [4.69, 9.17) is 0 Å². The van der Waals surface area contributed by atoms with Crippen LogP contribution in [-0.4, -0.2) is 10.9 Å². The van der Waals surface area contributed by atoms with Gasteiger partial charge in [0.2, 0.25) is 0 Å². The fraction of sp³-hybridized carbons (Fsp3) is 0. The Labute approximate surface area is 110 Å². The highest BCUT2D eigenvalue weighted by atomic mass is 79.9. The summed E-state index contributed by atoms with van der Waals surface area (Å²) >= 11 is 3.13. The van der Waals surface area contributed by atoms with E-state index >= 15 is 0 Å². The van der Waals surface area contributed by atoms with Crippen LogP contribution in [0.4, 0.5) is 14.5 Å². The zero-order valence-electron chi connectivity index (χ0n) is 8.95. The molecule has 1 aromatic heterocycles. The largest absolute Gasteiger partial charge is 0.322 e. The van der Waals surface area contributed by atoms with E-state index in [1.807, 2.05) is 0 Å². The molecule has 2 rings (SSSR count). The van der Waals surface area contributed by atoms with Crippen molar-refractivity contribution < 1.29 is 13.6 Å². The second-order valence-corrected chi connectivity index (χ2v) is 4.29. The predicted molar refractivity (Wildman–Crippen MR) is 66.2 cm³/mol. The molecular formula is C12H7BrF2N2O. The third-order valence-corrected chi connectivity index (χ3v) is 2.54. The Kier molecular flexibility index (Phi) is 3.66. The first kappa shape index (κ1) is 12.6. The van der Waals surface area contributed by atoms with Crippen molar-refractivity contribution in [1.29, 1.82) is 0 Å². The average Bonchev–Trinajstić information content (AvgIpc) is 2.27. The third-order valence-electron chi connectivity index (χ3n) is 2.11. The molecule has 0 spiro atoms. The summed E-state index contributed by atoms with van der Waals surface area (Å²) in [6.07, 6.45) is 1.45. The Morgan fingerprint density at radius 2 is 1.83 bits per heavy atom. The number of aromatic nitrogens is 1. The van der Waals surface area contributed by atoms with Crippen molar-refractivity contribution in [2.24, 2.45) is 0 Å². The van der Waals surface area contributed by atoms with Gasteiger partial charge in [0, 0.05) is 23.5 Å². The molecule has 0 unspecified atom stereocenters. The van der Waals surface area contributed by atoms with Gasteiger partial charge in [-0.15, -0.1) is 0 Å². The van der Waals surface area contributed by atoms with E-state index in [-0.39, 0.29) is 5.69 Å². The van der Waals surface area contributed by atoms with E-state index in [1.165, 1.54) is 18.3 Å². The maximum atomic E-state index is 12.9. The quantitative estimate of drug-likeness (QED) is 0.864. The fourth-order valence-corrected chi connectivity index (χ4v) is 1.74. The van der Waals surface area contributed by atoms with Crippen LogP contribution in [0.3, 0.4) is 0 Å². The van der Waals surface area contributed by atoms with Gasteiger partial charge in [-0.25, -0.2) is 13.8 Å². The summed E-state index contributed by atoms with van der Waals surface area (Å²) in [7, 11) is 0. The molecule has 0 aliphatic rings. The van der Waals surface area contributed by atoms with E-state index in [2.05, 4.69) is 26.2 Å². The first-order valence-corrected chi connectivity index (χ1v) is 5.73. The minimum Gasteiger partial charge on any atom is -0.322 e. The van der Waals surface area contributed by atoms with Crippen LogP contribution in [0.25, 0.3) is 0 Å². The Balaban J connectivity index is 2.21. The van der Waals surface area contributed by atoms with Crippen molar-refractivity contribution in [2.75, 3.05) is 5.32 Å². The number of hydrogen-bond donors (Lipinski definition) is 1. The number of rotatable bonds is 2. The van der Waals surface area contributed by atoms with Crippen molar-refractivity contribution >= 4 is 27.5 Å². The smallest absolute Gasteiger partial charge is 0.255 e. The molecule has 0 radical (unpaired) electrons. The highest BCUT2D eigenvalue weighted by molar-refractivity contribution is 9.10. The lowest BCUT2D eigenvalue weighted by molar-refractivity contribution is 0.102. The molecule has 1 aromatic carbocycles. The second-order valence-electron chi connectivity index (χ2n) is 3.48. The lowest BCUT2D eigenvalue weighted by Crippen LogP contribution is -2.12. The molecule has 0 fully saturated rings. The van der Waals surface area contributed by atoms with Crippen LogP contribution < -0.4 is 5.32 Å². The highest BCUT2D eigenvalue weighted by Gasteiger charge is 2.08. The Hall–Kier alpha value is -1.82. The van der Waals surface area contributed by atoms with Crippen LogP contribution in [-0.2, 0) is 0 Å². The molecule has 0 atom stereocenters. The molecule has 1 amide bonds. The molecule has 1 N–H and O–H groups in total. The molecule has 0 saturated heterocycles. The molecule has 18 heavy (non-hydrogen) atoms. The fourth-order valence-electron chi connectivity index (χ4n) is 1.37. The first-order chi connectivity index (χ1) is 8.54. The van der Waals surface area contributed by atoms with Gasteiger partial charge in [0.1, 0.15) is 16.2 Å². The number of hydrogen-bond acceptors (Lipinski definition) is 2. The molecule has 6 heteroatoms. The number of anilines is 1. The van der Waals surface area contributed by atoms with Gasteiger partial charge in [0.25, 0.3) is 5.91 Å². The SMILES string of the molecule is O=C(Nc1cc(F)cc(F)c1)c1ccnc(Br)c1. The number of amides is 1. The minimum absolute atomic E-state index is 0.0606. The van der Waals surface area contributed by atoms with Crippen molar-refractivity contribution in [3.8, 4) is 0 Å². The van der Waals surface area contributed by atoms with Crippen molar-refractivity contribution in [1.82, 2.24) is 4.98 Å². The zero-order valence-corrected chi connectivity index (χ0v) is 10.5. The number of nitrogens with zero attached hydrogens (tertiary/aromatic N) is 1. The maximum Gasteiger partial charge on any atom is 0.255 e. The number of carbonyl (C=O) groups excluding carboxylic acids is 1. The molecule has 0 aliphatic carbocycles. The molecule has 3 nitrogen and oxygen atoms in total. The average molecular weight is 313 g/mol. The van der Waals surface area contributed by atoms with Crippen LogP contribution in [0, 0.1) is 11.6 Å². The number of halogens is 3. The lowest BCUT2D eigenvalue weighted by atomic mass is 10.2. The van der Waals surface area contributed by atoms with Crippen molar-refractivity contribution in [3.63, 3.8) is 0 Å². The van der Waals surface area contributed by atoms with E-state index in [1.54, 1.807) is 0 Å². The van der Waals surface area contributed by atoms with Crippen LogP contribution in [0.2, 0.25) is 0 Å². The summed E-state index contributed by atoms with van der Waals surface area (Å²) in [5.41, 5.74) is 0.395. The van der Waals surface area contributed by atoms with E-state index in [0.717, 1.165) is 18.2 Å². The van der Waals surface area contributed by atoms with Gasteiger partial charge in [0.05, 0.1) is 0 Å². The van der Waals surface area contributed by atoms with Gasteiger partial charge in [-0.2, -0.15) is 0 Å². The van der Waals surface area contributed by atoms with Crippen molar-refractivity contribution in [3.05, 3.63) is 58.3 Å². The van der Waals surface area contributed by atoms with Gasteiger partial charge in [-0.1, -0.05) is 0 Å². The Morgan fingerprint density at radius 1 is 1.17 bits per heavy atom. The van der Waals surface area contributed by atoms with Crippen molar-refractivity contribution in [2.45, 2.75) is 0 Å². The van der Waals surface area contributed by atoms with Gasteiger partial charge in [-0.05, 0) is 40.2 Å². The third kappa shape index (κ3) is 3.10. The topological polar surface area (TPSA) is 42.0 Å². The standard InChI is InChI=1S/C12H7BrF2N2O/c13-11-3-7(1-2-16-11)12(18)17-10-5-8(14)4-9(15)6-10/h1-6H,(H,17,18). The Morgan fingerprint density at radius 3 is 2.44 bits per heavy atom. The molecule has 1 heterocycles. The number of nitrogens with one attached hydrogen (secondary N) is 1. The van der Waals surface area contributed by atoms with Gasteiger partial charge < -0.3 is 5.32 Å². The Bertz CT molecular complexity index is 584. The molecule has 92 valence electrons. The monoisotopic (exact) mass is 312 g/mol. The van der Waals surface area contributed by atoms with Crippen LogP contribution in [0.5, 0.6) is 0 Å². The number of benzene rings is 1. The molecular weight excluding hydrogens is 306 g/mol. The summed E-state index contributed by atoms with van der Waals surface area (Å²) in [6.45, 7) is 0. The predicted octanol–water partition coefficient (Wildman–Crippen LogP) is 3.37. The highest BCUT2D eigenvalue weighted by Crippen LogP contribution is 2.15. The van der Waals surface area contributed by atoms with E-state index < -0.39 is 17.5 Å².